The van der Waals surface area contributed by atoms with Crippen LogP contribution < -0.4 is 4.74 Å². The van der Waals surface area contributed by atoms with E-state index in [0.29, 0.717) is 18.8 Å². The second kappa shape index (κ2) is 8.24. The molecule has 1 amide bonds. The van der Waals surface area contributed by atoms with Gasteiger partial charge in [-0.15, -0.1) is 11.3 Å². The minimum atomic E-state index is -3.57. The highest BCUT2D eigenvalue weighted by Crippen LogP contribution is 2.21. The van der Waals surface area contributed by atoms with Crippen LogP contribution in [-0.2, 0) is 14.8 Å². The number of aryl methyl sites for hydroxylation is 1. The summed E-state index contributed by atoms with van der Waals surface area (Å²) in [5.41, 5.74) is 1.14. The van der Waals surface area contributed by atoms with Crippen LogP contribution >= 0.6 is 11.3 Å². The number of amides is 1. The summed E-state index contributed by atoms with van der Waals surface area (Å²) in [6.07, 6.45) is 3.38. The fourth-order valence-corrected chi connectivity index (χ4v) is 5.09. The molecule has 0 radical (unpaired) electrons. The first-order valence-electron chi connectivity index (χ1n) is 8.57. The van der Waals surface area contributed by atoms with Crippen molar-refractivity contribution in [1.29, 1.82) is 0 Å². The molecule has 1 saturated heterocycles. The summed E-state index contributed by atoms with van der Waals surface area (Å²) in [6.45, 7) is 3.32. The molecule has 27 heavy (non-hydrogen) atoms. The smallest absolute Gasteiger partial charge is 0.246 e. The molecule has 0 bridgehead atoms. The predicted octanol–water partition coefficient (Wildman–Crippen LogP) is 2.61. The van der Waals surface area contributed by atoms with Crippen LogP contribution in [0.25, 0.3) is 6.08 Å². The van der Waals surface area contributed by atoms with E-state index in [1.54, 1.807) is 34.4 Å². The molecule has 1 aromatic carbocycles. The second-order valence-electron chi connectivity index (χ2n) is 6.21. The van der Waals surface area contributed by atoms with E-state index in [2.05, 4.69) is 0 Å². The van der Waals surface area contributed by atoms with E-state index < -0.39 is 10.0 Å². The van der Waals surface area contributed by atoms with Gasteiger partial charge in [0, 0.05) is 37.1 Å². The van der Waals surface area contributed by atoms with Gasteiger partial charge in [0.05, 0.1) is 12.0 Å². The topological polar surface area (TPSA) is 66.9 Å². The number of piperazine rings is 1. The van der Waals surface area contributed by atoms with Gasteiger partial charge in [0.25, 0.3) is 0 Å². The zero-order chi connectivity index (χ0) is 19.4. The maximum atomic E-state index is 12.8. The largest absolute Gasteiger partial charge is 0.497 e. The van der Waals surface area contributed by atoms with Gasteiger partial charge in [-0.05, 0) is 54.3 Å². The number of rotatable bonds is 5. The second-order valence-corrected chi connectivity index (χ2v) is 9.09. The molecule has 2 aromatic rings. The quantitative estimate of drug-likeness (QED) is 0.716. The first kappa shape index (κ1) is 19.6. The number of sulfonamides is 1. The molecule has 0 saturated carbocycles. The standard InChI is InChI=1S/C19H22N2O4S2/c1-15-9-14-26-18(15)7-8-19(22)20-10-12-21(13-11-20)27(23,24)17-5-3-16(25-2)4-6-17/h3-9,14H,10-13H2,1-2H3. The van der Waals surface area contributed by atoms with Gasteiger partial charge in [0.1, 0.15) is 5.75 Å². The molecule has 1 aromatic heterocycles. The van der Waals surface area contributed by atoms with Gasteiger partial charge in [-0.1, -0.05) is 0 Å². The zero-order valence-corrected chi connectivity index (χ0v) is 16.9. The number of carbonyl (C=O) groups excluding carboxylic acids is 1. The first-order valence-corrected chi connectivity index (χ1v) is 10.9. The van der Waals surface area contributed by atoms with Crippen LogP contribution in [0.3, 0.4) is 0 Å². The summed E-state index contributed by atoms with van der Waals surface area (Å²) >= 11 is 1.59. The molecule has 6 nitrogen and oxygen atoms in total. The number of ether oxygens (including phenoxy) is 1. The summed E-state index contributed by atoms with van der Waals surface area (Å²) < 4.78 is 32.0. The van der Waals surface area contributed by atoms with Crippen LogP contribution in [-0.4, -0.2) is 56.8 Å². The van der Waals surface area contributed by atoms with Crippen molar-refractivity contribution >= 4 is 33.3 Å². The Morgan fingerprint density at radius 2 is 1.78 bits per heavy atom. The fourth-order valence-electron chi connectivity index (χ4n) is 2.85. The molecule has 3 rings (SSSR count). The molecule has 1 aliphatic rings. The number of nitrogens with zero attached hydrogens (tertiary/aromatic N) is 2. The SMILES string of the molecule is COc1ccc(S(=O)(=O)N2CCN(C(=O)C=Cc3sccc3C)CC2)cc1. The molecule has 0 N–H and O–H groups in total. The Morgan fingerprint density at radius 1 is 1.11 bits per heavy atom. The summed E-state index contributed by atoms with van der Waals surface area (Å²) in [4.78, 5) is 15.3. The van der Waals surface area contributed by atoms with E-state index in [1.165, 1.54) is 23.5 Å². The predicted molar refractivity (Wildman–Crippen MR) is 106 cm³/mol. The van der Waals surface area contributed by atoms with Gasteiger partial charge < -0.3 is 9.64 Å². The van der Waals surface area contributed by atoms with Gasteiger partial charge >= 0.3 is 0 Å². The van der Waals surface area contributed by atoms with Crippen molar-refractivity contribution in [2.75, 3.05) is 33.3 Å². The monoisotopic (exact) mass is 406 g/mol. The highest BCUT2D eigenvalue weighted by atomic mass is 32.2. The molecular formula is C19H22N2O4S2. The van der Waals surface area contributed by atoms with Crippen molar-refractivity contribution in [1.82, 2.24) is 9.21 Å². The highest BCUT2D eigenvalue weighted by molar-refractivity contribution is 7.89. The van der Waals surface area contributed by atoms with Gasteiger partial charge in [-0.2, -0.15) is 4.31 Å². The van der Waals surface area contributed by atoms with E-state index in [4.69, 9.17) is 4.74 Å². The van der Waals surface area contributed by atoms with Gasteiger partial charge in [0.15, 0.2) is 0 Å². The normalized spacial score (nSPS) is 16.0. The summed E-state index contributed by atoms with van der Waals surface area (Å²) in [5.74, 6) is 0.515. The van der Waals surface area contributed by atoms with Crippen molar-refractivity contribution < 1.29 is 17.9 Å². The van der Waals surface area contributed by atoms with Crippen LogP contribution in [0.2, 0.25) is 0 Å². The lowest BCUT2D eigenvalue weighted by molar-refractivity contribution is -0.127. The van der Waals surface area contributed by atoms with Crippen molar-refractivity contribution in [2.24, 2.45) is 0 Å². The summed E-state index contributed by atoms with van der Waals surface area (Å²) in [7, 11) is -2.03. The highest BCUT2D eigenvalue weighted by Gasteiger charge is 2.29. The van der Waals surface area contributed by atoms with Crippen molar-refractivity contribution in [3.8, 4) is 5.75 Å². The lowest BCUT2D eigenvalue weighted by Gasteiger charge is -2.33. The van der Waals surface area contributed by atoms with E-state index in [9.17, 15) is 13.2 Å². The van der Waals surface area contributed by atoms with Gasteiger partial charge in [-0.25, -0.2) is 8.42 Å². The van der Waals surface area contributed by atoms with Crippen molar-refractivity contribution in [2.45, 2.75) is 11.8 Å². The molecule has 2 heterocycles. The number of methoxy groups -OCH3 is 1. The maximum absolute atomic E-state index is 12.8. The maximum Gasteiger partial charge on any atom is 0.246 e. The number of hydrogen-bond acceptors (Lipinski definition) is 5. The Hall–Kier alpha value is -2.16. The zero-order valence-electron chi connectivity index (χ0n) is 15.3. The first-order chi connectivity index (χ1) is 12.9. The Kier molecular flexibility index (Phi) is 5.98. The molecule has 1 fully saturated rings. The van der Waals surface area contributed by atoms with Crippen LogP contribution in [0.4, 0.5) is 0 Å². The Labute approximate surface area is 163 Å². The molecule has 0 atom stereocenters. The minimum Gasteiger partial charge on any atom is -0.497 e. The molecule has 1 aliphatic heterocycles. The van der Waals surface area contributed by atoms with E-state index >= 15 is 0 Å². The third-order valence-electron chi connectivity index (χ3n) is 4.53. The van der Waals surface area contributed by atoms with Crippen molar-refractivity contribution in [3.63, 3.8) is 0 Å². The van der Waals surface area contributed by atoms with Crippen LogP contribution in [0.1, 0.15) is 10.4 Å². The molecule has 0 spiro atoms. The summed E-state index contributed by atoms with van der Waals surface area (Å²) in [5, 5.41) is 1.99. The van der Waals surface area contributed by atoms with Crippen LogP contribution in [0.5, 0.6) is 5.75 Å². The van der Waals surface area contributed by atoms with Gasteiger partial charge in [0.2, 0.25) is 15.9 Å². The third-order valence-corrected chi connectivity index (χ3v) is 7.42. The Morgan fingerprint density at radius 3 is 2.33 bits per heavy atom. The fraction of sp³-hybridized carbons (Fsp3) is 0.316. The number of carbonyl (C=O) groups is 1. The number of hydrogen-bond donors (Lipinski definition) is 0. The van der Waals surface area contributed by atoms with Crippen molar-refractivity contribution in [3.05, 3.63) is 52.2 Å². The molecule has 144 valence electrons. The molecular weight excluding hydrogens is 384 g/mol. The van der Waals surface area contributed by atoms with Crippen LogP contribution in [0, 0.1) is 6.92 Å². The number of thiophene rings is 1. The van der Waals surface area contributed by atoms with Gasteiger partial charge in [-0.3, -0.25) is 4.79 Å². The molecule has 8 heteroatoms. The molecule has 0 aliphatic carbocycles. The average Bonchev–Trinajstić information content (AvgIpc) is 3.11. The van der Waals surface area contributed by atoms with E-state index in [-0.39, 0.29) is 23.9 Å². The summed E-state index contributed by atoms with van der Waals surface area (Å²) in [6, 6.07) is 8.35. The lowest BCUT2D eigenvalue weighted by Crippen LogP contribution is -2.50. The third kappa shape index (κ3) is 4.40. The Balaban J connectivity index is 1.61. The minimum absolute atomic E-state index is 0.0932. The van der Waals surface area contributed by atoms with E-state index in [1.807, 2.05) is 24.4 Å². The number of benzene rings is 1. The average molecular weight is 407 g/mol. The van der Waals surface area contributed by atoms with E-state index in [0.717, 1.165) is 10.4 Å². The Bertz CT molecular complexity index is 925. The van der Waals surface area contributed by atoms with Crippen LogP contribution in [0.15, 0.2) is 46.7 Å². The molecule has 0 unspecified atom stereocenters. The lowest BCUT2D eigenvalue weighted by atomic mass is 10.2.